The minimum atomic E-state index is -0.406. The van der Waals surface area contributed by atoms with Gasteiger partial charge in [-0.25, -0.2) is 0 Å². The summed E-state index contributed by atoms with van der Waals surface area (Å²) in [5.74, 6) is 0. The Labute approximate surface area is 78.2 Å². The van der Waals surface area contributed by atoms with E-state index in [0.29, 0.717) is 0 Å². The van der Waals surface area contributed by atoms with Crippen molar-refractivity contribution in [3.05, 3.63) is 0 Å². The van der Waals surface area contributed by atoms with E-state index in [9.17, 15) is 0 Å². The van der Waals surface area contributed by atoms with Crippen LogP contribution in [0.15, 0.2) is 0 Å². The average Bonchev–Trinajstić information content (AvgIpc) is 2.05. The molecule has 13 heavy (non-hydrogen) atoms. The molecule has 1 aliphatic heterocycles. The predicted molar refractivity (Wildman–Crippen MR) is 46.1 cm³/mol. The van der Waals surface area contributed by atoms with Gasteiger partial charge in [0.2, 0.25) is 0 Å². The largest absolute Gasteiger partial charge is 0.379 e. The Morgan fingerprint density at radius 2 is 1.31 bits per heavy atom. The third-order valence-electron chi connectivity index (χ3n) is 1.38. The van der Waals surface area contributed by atoms with E-state index in [0.717, 1.165) is 39.3 Å². The first-order valence-electron chi connectivity index (χ1n) is 4.36. The van der Waals surface area contributed by atoms with Crippen LogP contribution in [0.1, 0.15) is 12.8 Å². The second-order valence-electron chi connectivity index (χ2n) is 2.39. The molecule has 0 aliphatic carbocycles. The highest BCUT2D eigenvalue weighted by molar-refractivity contribution is 4.41. The van der Waals surface area contributed by atoms with Gasteiger partial charge in [0, 0.05) is 13.2 Å². The lowest BCUT2D eigenvalue weighted by molar-refractivity contribution is -0.0763. The van der Waals surface area contributed by atoms with Crippen LogP contribution < -0.4 is 0 Å². The molecule has 1 aliphatic rings. The molecular formula is C8H18O5. The average molecular weight is 194 g/mol. The first kappa shape index (κ1) is 12.8. The molecule has 80 valence electrons. The van der Waals surface area contributed by atoms with Gasteiger partial charge in [-0.2, -0.15) is 0 Å². The molecule has 5 nitrogen and oxygen atoms in total. The molecule has 1 rings (SSSR count). The van der Waals surface area contributed by atoms with E-state index in [1.165, 1.54) is 0 Å². The van der Waals surface area contributed by atoms with Gasteiger partial charge in [-0.15, -0.1) is 0 Å². The van der Waals surface area contributed by atoms with E-state index in [2.05, 4.69) is 4.74 Å². The molecule has 0 unspecified atom stereocenters. The molecule has 0 aromatic carbocycles. The van der Waals surface area contributed by atoms with Crippen molar-refractivity contribution >= 4 is 0 Å². The lowest BCUT2D eigenvalue weighted by atomic mass is 10.3. The molecule has 0 amide bonds. The summed E-state index contributed by atoms with van der Waals surface area (Å²) < 4.78 is 14.2. The Balaban J connectivity index is 0.000000252. The minimum absolute atomic E-state index is 0.406. The molecule has 1 saturated heterocycles. The van der Waals surface area contributed by atoms with Crippen molar-refractivity contribution in [1.82, 2.24) is 0 Å². The zero-order valence-electron chi connectivity index (χ0n) is 7.78. The Kier molecular flexibility index (Phi) is 11.6. The first-order chi connectivity index (χ1) is 6.41. The lowest BCUT2D eigenvalue weighted by Gasteiger charge is -2.08. The van der Waals surface area contributed by atoms with Crippen molar-refractivity contribution in [2.75, 3.05) is 40.0 Å². The Morgan fingerprint density at radius 3 is 1.62 bits per heavy atom. The van der Waals surface area contributed by atoms with Gasteiger partial charge in [0.1, 0.15) is 13.6 Å². The maximum atomic E-state index is 7.68. The molecule has 0 saturated carbocycles. The van der Waals surface area contributed by atoms with Crippen LogP contribution in [0.3, 0.4) is 0 Å². The van der Waals surface area contributed by atoms with Gasteiger partial charge in [-0.3, -0.25) is 0 Å². The van der Waals surface area contributed by atoms with E-state index in [1.54, 1.807) is 0 Å². The quantitative estimate of drug-likeness (QED) is 0.591. The Bertz CT molecular complexity index is 62.6. The van der Waals surface area contributed by atoms with Crippen molar-refractivity contribution in [2.45, 2.75) is 12.8 Å². The van der Waals surface area contributed by atoms with Crippen molar-refractivity contribution in [1.29, 1.82) is 0 Å². The smallest absolute Gasteiger partial charge is 0.146 e. The molecule has 1 fully saturated rings. The summed E-state index contributed by atoms with van der Waals surface area (Å²) in [5.41, 5.74) is 0. The van der Waals surface area contributed by atoms with Crippen LogP contribution in [0.5, 0.6) is 0 Å². The van der Waals surface area contributed by atoms with E-state index < -0.39 is 13.6 Å². The summed E-state index contributed by atoms with van der Waals surface area (Å²) in [4.78, 5) is 0. The van der Waals surface area contributed by atoms with Gasteiger partial charge in [0.25, 0.3) is 0 Å². The minimum Gasteiger partial charge on any atom is -0.379 e. The molecule has 0 atom stereocenters. The van der Waals surface area contributed by atoms with Crippen molar-refractivity contribution < 1.29 is 24.4 Å². The van der Waals surface area contributed by atoms with Crippen LogP contribution in [0.4, 0.5) is 0 Å². The predicted octanol–water partition coefficient (Wildman–Crippen LogP) is -0.284. The normalized spacial score (nSPS) is 18.0. The monoisotopic (exact) mass is 194 g/mol. The number of rotatable bonds is 2. The van der Waals surface area contributed by atoms with Crippen LogP contribution in [0.2, 0.25) is 0 Å². The first-order valence-corrected chi connectivity index (χ1v) is 4.36. The zero-order valence-corrected chi connectivity index (χ0v) is 7.78. The van der Waals surface area contributed by atoms with Gasteiger partial charge in [-0.1, -0.05) is 0 Å². The fraction of sp³-hybridized carbons (Fsp3) is 1.00. The zero-order chi connectivity index (χ0) is 9.78. The number of hydrogen-bond donors (Lipinski definition) is 2. The summed E-state index contributed by atoms with van der Waals surface area (Å²) in [6.45, 7) is 2.58. The van der Waals surface area contributed by atoms with Gasteiger partial charge in [0.05, 0.1) is 13.2 Å². The number of aliphatic hydroxyl groups is 2. The lowest BCUT2D eigenvalue weighted by Crippen LogP contribution is -2.10. The van der Waals surface area contributed by atoms with Gasteiger partial charge in [0.15, 0.2) is 0 Å². The summed E-state index contributed by atoms with van der Waals surface area (Å²) in [5, 5.41) is 15.4. The molecule has 0 aromatic rings. The molecule has 5 heteroatoms. The third-order valence-corrected chi connectivity index (χ3v) is 1.38. The topological polar surface area (TPSA) is 68.2 Å². The van der Waals surface area contributed by atoms with Crippen LogP contribution >= 0.6 is 0 Å². The number of ether oxygens (including phenoxy) is 3. The fourth-order valence-electron chi connectivity index (χ4n) is 0.771. The highest BCUT2D eigenvalue weighted by Gasteiger charge is 1.94. The van der Waals surface area contributed by atoms with Crippen LogP contribution in [0, 0.1) is 0 Å². The van der Waals surface area contributed by atoms with Crippen LogP contribution in [-0.2, 0) is 14.2 Å². The summed E-state index contributed by atoms with van der Waals surface area (Å²) >= 11 is 0. The van der Waals surface area contributed by atoms with Crippen LogP contribution in [0.25, 0.3) is 0 Å². The molecule has 1 heterocycles. The summed E-state index contributed by atoms with van der Waals surface area (Å²) in [6, 6.07) is 0. The molecule has 0 spiro atoms. The van der Waals surface area contributed by atoms with Crippen molar-refractivity contribution in [3.8, 4) is 0 Å². The number of hydrogen-bond acceptors (Lipinski definition) is 5. The maximum Gasteiger partial charge on any atom is 0.146 e. The maximum absolute atomic E-state index is 7.68. The highest BCUT2D eigenvalue weighted by Crippen LogP contribution is 1.94. The molecule has 0 bridgehead atoms. The van der Waals surface area contributed by atoms with E-state index in [4.69, 9.17) is 19.7 Å². The fourth-order valence-corrected chi connectivity index (χ4v) is 0.771. The summed E-state index contributed by atoms with van der Waals surface area (Å²) in [6.07, 6.45) is 2.31. The van der Waals surface area contributed by atoms with Crippen molar-refractivity contribution in [3.63, 3.8) is 0 Å². The SMILES string of the molecule is C1CCOCCOC1.OCOCO. The molecule has 2 N–H and O–H groups in total. The van der Waals surface area contributed by atoms with Gasteiger partial charge in [-0.05, 0) is 12.8 Å². The van der Waals surface area contributed by atoms with Crippen molar-refractivity contribution in [2.24, 2.45) is 0 Å². The number of aliphatic hydroxyl groups excluding tert-OH is 2. The molecular weight excluding hydrogens is 176 g/mol. The standard InChI is InChI=1S/C6H12O2.C2H6O3/c1-2-4-8-6-5-7-3-1;3-1-5-2-4/h1-6H2;3-4H,1-2H2. The molecule has 0 radical (unpaired) electrons. The summed E-state index contributed by atoms with van der Waals surface area (Å²) in [7, 11) is 0. The third kappa shape index (κ3) is 11.8. The van der Waals surface area contributed by atoms with Gasteiger partial charge >= 0.3 is 0 Å². The highest BCUT2D eigenvalue weighted by atomic mass is 16.6. The van der Waals surface area contributed by atoms with E-state index in [-0.39, 0.29) is 0 Å². The van der Waals surface area contributed by atoms with E-state index >= 15 is 0 Å². The van der Waals surface area contributed by atoms with Crippen LogP contribution in [-0.4, -0.2) is 50.2 Å². The Morgan fingerprint density at radius 1 is 0.846 bits per heavy atom. The Hall–Kier alpha value is -0.200. The second kappa shape index (κ2) is 11.8. The van der Waals surface area contributed by atoms with Gasteiger partial charge < -0.3 is 24.4 Å². The molecule has 0 aromatic heterocycles. The second-order valence-corrected chi connectivity index (χ2v) is 2.39. The van der Waals surface area contributed by atoms with E-state index in [1.807, 2.05) is 0 Å².